The van der Waals surface area contributed by atoms with Crippen LogP contribution in [0.2, 0.25) is 0 Å². The Balaban J connectivity index is 2.33. The first-order valence-corrected chi connectivity index (χ1v) is 3.78. The lowest BCUT2D eigenvalue weighted by Crippen LogP contribution is -2.14. The SMILES string of the molecule is CC(CN)C1CC1(C)C. The van der Waals surface area contributed by atoms with Crippen LogP contribution in [0.5, 0.6) is 0 Å². The van der Waals surface area contributed by atoms with Crippen molar-refractivity contribution in [2.45, 2.75) is 27.2 Å². The van der Waals surface area contributed by atoms with Gasteiger partial charge in [0.1, 0.15) is 0 Å². The maximum atomic E-state index is 5.53. The molecule has 0 aromatic rings. The summed E-state index contributed by atoms with van der Waals surface area (Å²) >= 11 is 0. The summed E-state index contributed by atoms with van der Waals surface area (Å²) in [4.78, 5) is 0. The van der Waals surface area contributed by atoms with Gasteiger partial charge in [-0.25, -0.2) is 0 Å². The molecule has 2 atom stereocenters. The highest BCUT2D eigenvalue weighted by molar-refractivity contribution is 4.97. The molecule has 1 heteroatoms. The van der Waals surface area contributed by atoms with Crippen LogP contribution in [0.4, 0.5) is 0 Å². The Morgan fingerprint density at radius 1 is 1.67 bits per heavy atom. The summed E-state index contributed by atoms with van der Waals surface area (Å²) in [7, 11) is 0. The van der Waals surface area contributed by atoms with E-state index in [4.69, 9.17) is 5.73 Å². The third kappa shape index (κ3) is 1.26. The molecule has 0 aliphatic heterocycles. The molecule has 0 bridgehead atoms. The van der Waals surface area contributed by atoms with E-state index in [2.05, 4.69) is 20.8 Å². The second kappa shape index (κ2) is 1.98. The van der Waals surface area contributed by atoms with Crippen LogP contribution in [-0.4, -0.2) is 6.54 Å². The summed E-state index contributed by atoms with van der Waals surface area (Å²) in [5.41, 5.74) is 6.14. The highest BCUT2D eigenvalue weighted by atomic mass is 14.6. The molecule has 0 aromatic heterocycles. The van der Waals surface area contributed by atoms with E-state index in [1.165, 1.54) is 6.42 Å². The van der Waals surface area contributed by atoms with E-state index in [9.17, 15) is 0 Å². The molecule has 54 valence electrons. The van der Waals surface area contributed by atoms with Gasteiger partial charge in [0.2, 0.25) is 0 Å². The minimum absolute atomic E-state index is 0.610. The van der Waals surface area contributed by atoms with Crippen molar-refractivity contribution in [3.63, 3.8) is 0 Å². The minimum Gasteiger partial charge on any atom is -0.330 e. The summed E-state index contributed by atoms with van der Waals surface area (Å²) in [5, 5.41) is 0. The molecule has 0 aromatic carbocycles. The van der Waals surface area contributed by atoms with Crippen molar-refractivity contribution >= 4 is 0 Å². The smallest absolute Gasteiger partial charge is 0.00486 e. The molecule has 1 rings (SSSR count). The molecule has 0 amide bonds. The van der Waals surface area contributed by atoms with Gasteiger partial charge in [-0.1, -0.05) is 20.8 Å². The van der Waals surface area contributed by atoms with E-state index >= 15 is 0 Å². The van der Waals surface area contributed by atoms with Crippen LogP contribution < -0.4 is 5.73 Å². The lowest BCUT2D eigenvalue weighted by atomic mass is 9.99. The first-order valence-electron chi connectivity index (χ1n) is 3.78. The summed E-state index contributed by atoms with van der Waals surface area (Å²) in [6.07, 6.45) is 1.38. The second-order valence-corrected chi connectivity index (χ2v) is 4.01. The van der Waals surface area contributed by atoms with Crippen LogP contribution in [0.3, 0.4) is 0 Å². The van der Waals surface area contributed by atoms with Gasteiger partial charge in [-0.05, 0) is 30.2 Å². The largest absolute Gasteiger partial charge is 0.330 e. The van der Waals surface area contributed by atoms with Crippen molar-refractivity contribution in [3.8, 4) is 0 Å². The Labute approximate surface area is 57.6 Å². The number of hydrogen-bond donors (Lipinski definition) is 1. The molecule has 0 spiro atoms. The van der Waals surface area contributed by atoms with Crippen LogP contribution in [0.15, 0.2) is 0 Å². The lowest BCUT2D eigenvalue weighted by molar-refractivity contribution is 0.430. The number of nitrogens with two attached hydrogens (primary N) is 1. The quantitative estimate of drug-likeness (QED) is 0.599. The topological polar surface area (TPSA) is 26.0 Å². The number of rotatable bonds is 2. The zero-order chi connectivity index (χ0) is 7.07. The third-order valence-corrected chi connectivity index (χ3v) is 2.65. The van der Waals surface area contributed by atoms with Gasteiger partial charge in [-0.15, -0.1) is 0 Å². The van der Waals surface area contributed by atoms with E-state index in [-0.39, 0.29) is 0 Å². The Hall–Kier alpha value is -0.0400. The van der Waals surface area contributed by atoms with Crippen molar-refractivity contribution in [1.29, 1.82) is 0 Å². The predicted octanol–water partition coefficient (Wildman–Crippen LogP) is 1.63. The van der Waals surface area contributed by atoms with Crippen molar-refractivity contribution < 1.29 is 0 Å². The molecule has 9 heavy (non-hydrogen) atoms. The minimum atomic E-state index is 0.610. The number of hydrogen-bond acceptors (Lipinski definition) is 1. The van der Waals surface area contributed by atoms with Crippen LogP contribution in [-0.2, 0) is 0 Å². The molecule has 1 fully saturated rings. The van der Waals surface area contributed by atoms with E-state index < -0.39 is 0 Å². The Morgan fingerprint density at radius 2 is 2.11 bits per heavy atom. The Morgan fingerprint density at radius 3 is 2.22 bits per heavy atom. The summed E-state index contributed by atoms with van der Waals surface area (Å²) < 4.78 is 0. The van der Waals surface area contributed by atoms with Crippen molar-refractivity contribution in [2.75, 3.05) is 6.54 Å². The molecular formula is C8H17N. The van der Waals surface area contributed by atoms with Crippen LogP contribution >= 0.6 is 0 Å². The molecule has 2 unspecified atom stereocenters. The van der Waals surface area contributed by atoms with Gasteiger partial charge in [0.05, 0.1) is 0 Å². The maximum Gasteiger partial charge on any atom is -0.00486 e. The highest BCUT2D eigenvalue weighted by Gasteiger charge is 2.47. The molecule has 1 aliphatic carbocycles. The molecule has 1 aliphatic rings. The van der Waals surface area contributed by atoms with Gasteiger partial charge in [-0.3, -0.25) is 0 Å². The zero-order valence-corrected chi connectivity index (χ0v) is 6.65. The van der Waals surface area contributed by atoms with E-state index in [1.54, 1.807) is 0 Å². The van der Waals surface area contributed by atoms with E-state index in [1.807, 2.05) is 0 Å². The second-order valence-electron chi connectivity index (χ2n) is 4.01. The average Bonchev–Trinajstić information content (AvgIpc) is 2.38. The molecule has 0 radical (unpaired) electrons. The maximum absolute atomic E-state index is 5.53. The summed E-state index contributed by atoms with van der Waals surface area (Å²) in [6.45, 7) is 7.75. The predicted molar refractivity (Wildman–Crippen MR) is 40.1 cm³/mol. The Bertz CT molecular complexity index is 107. The fourth-order valence-electron chi connectivity index (χ4n) is 1.64. The molecule has 1 nitrogen and oxygen atoms in total. The Kier molecular flexibility index (Phi) is 1.55. The highest BCUT2D eigenvalue weighted by Crippen LogP contribution is 2.55. The monoisotopic (exact) mass is 127 g/mol. The van der Waals surface area contributed by atoms with Gasteiger partial charge in [-0.2, -0.15) is 0 Å². The molecule has 0 heterocycles. The van der Waals surface area contributed by atoms with Gasteiger partial charge >= 0.3 is 0 Å². The van der Waals surface area contributed by atoms with Crippen molar-refractivity contribution in [1.82, 2.24) is 0 Å². The van der Waals surface area contributed by atoms with Crippen molar-refractivity contribution in [2.24, 2.45) is 23.0 Å². The molecule has 2 N–H and O–H groups in total. The van der Waals surface area contributed by atoms with Crippen LogP contribution in [0, 0.1) is 17.3 Å². The average molecular weight is 127 g/mol. The van der Waals surface area contributed by atoms with Gasteiger partial charge in [0.15, 0.2) is 0 Å². The van der Waals surface area contributed by atoms with Gasteiger partial charge in [0.25, 0.3) is 0 Å². The molecule has 1 saturated carbocycles. The first-order chi connectivity index (χ1) is 4.08. The standard InChI is InChI=1S/C8H17N/c1-6(5-9)7-4-8(7,2)3/h6-7H,4-5,9H2,1-3H3. The van der Waals surface area contributed by atoms with Crippen molar-refractivity contribution in [3.05, 3.63) is 0 Å². The molecule has 0 saturated heterocycles. The molecular weight excluding hydrogens is 110 g/mol. The van der Waals surface area contributed by atoms with E-state index in [0.717, 1.165) is 18.4 Å². The fourth-order valence-corrected chi connectivity index (χ4v) is 1.64. The van der Waals surface area contributed by atoms with Crippen LogP contribution in [0.25, 0.3) is 0 Å². The normalized spacial score (nSPS) is 34.0. The fraction of sp³-hybridized carbons (Fsp3) is 1.00. The van der Waals surface area contributed by atoms with Gasteiger partial charge < -0.3 is 5.73 Å². The zero-order valence-electron chi connectivity index (χ0n) is 6.65. The van der Waals surface area contributed by atoms with Gasteiger partial charge in [0, 0.05) is 0 Å². The third-order valence-electron chi connectivity index (χ3n) is 2.65. The summed E-state index contributed by atoms with van der Waals surface area (Å²) in [6, 6.07) is 0. The summed E-state index contributed by atoms with van der Waals surface area (Å²) in [5.74, 6) is 1.64. The first kappa shape index (κ1) is 7.07. The van der Waals surface area contributed by atoms with Crippen LogP contribution in [0.1, 0.15) is 27.2 Å². The van der Waals surface area contributed by atoms with E-state index in [0.29, 0.717) is 5.41 Å². The lowest BCUT2D eigenvalue weighted by Gasteiger charge is -2.08.